The van der Waals surface area contributed by atoms with Crippen molar-refractivity contribution < 1.29 is 9.13 Å². The van der Waals surface area contributed by atoms with E-state index in [2.05, 4.69) is 19.0 Å². The summed E-state index contributed by atoms with van der Waals surface area (Å²) in [5, 5.41) is 0. The number of unbranched alkanes of at least 4 members (excludes halogenated alkanes) is 1. The minimum absolute atomic E-state index is 0.271. The minimum atomic E-state index is -0.271. The fourth-order valence-corrected chi connectivity index (χ4v) is 1.62. The van der Waals surface area contributed by atoms with Crippen LogP contribution >= 0.6 is 0 Å². The monoisotopic (exact) mass is 225 g/mol. The maximum Gasteiger partial charge on any atom is 0.165 e. The van der Waals surface area contributed by atoms with E-state index in [0.29, 0.717) is 5.75 Å². The molecule has 0 spiro atoms. The highest BCUT2D eigenvalue weighted by atomic mass is 19.1. The highest BCUT2D eigenvalue weighted by molar-refractivity contribution is 5.29. The maximum atomic E-state index is 13.4. The predicted molar refractivity (Wildman–Crippen MR) is 64.4 cm³/mol. The number of hydrogen-bond acceptors (Lipinski definition) is 2. The Morgan fingerprint density at radius 3 is 2.56 bits per heavy atom. The zero-order chi connectivity index (χ0) is 12.0. The van der Waals surface area contributed by atoms with E-state index in [4.69, 9.17) is 4.74 Å². The van der Waals surface area contributed by atoms with Gasteiger partial charge < -0.3 is 9.64 Å². The number of ether oxygens (including phenoxy) is 1. The quantitative estimate of drug-likeness (QED) is 0.690. The standard InChI is InChI=1S/C13H20FNO/c1-15(2)9-5-4-6-11-7-8-13(16-3)12(14)10-11/h7-8,10H,4-6,9H2,1-3H3. The molecule has 0 fully saturated rings. The molecular weight excluding hydrogens is 205 g/mol. The van der Waals surface area contributed by atoms with Crippen molar-refractivity contribution in [3.05, 3.63) is 29.6 Å². The first-order chi connectivity index (χ1) is 7.63. The number of halogens is 1. The molecule has 0 aliphatic rings. The van der Waals surface area contributed by atoms with Crippen LogP contribution in [-0.4, -0.2) is 32.6 Å². The molecule has 0 aromatic heterocycles. The highest BCUT2D eigenvalue weighted by Crippen LogP contribution is 2.18. The van der Waals surface area contributed by atoms with Gasteiger partial charge in [0.05, 0.1) is 7.11 Å². The van der Waals surface area contributed by atoms with Gasteiger partial charge in [-0.3, -0.25) is 0 Å². The van der Waals surface area contributed by atoms with E-state index in [9.17, 15) is 4.39 Å². The molecule has 0 amide bonds. The lowest BCUT2D eigenvalue weighted by atomic mass is 10.1. The summed E-state index contributed by atoms with van der Waals surface area (Å²) >= 11 is 0. The van der Waals surface area contributed by atoms with Gasteiger partial charge in [0.25, 0.3) is 0 Å². The lowest BCUT2D eigenvalue weighted by Crippen LogP contribution is -2.12. The molecular formula is C13H20FNO. The summed E-state index contributed by atoms with van der Waals surface area (Å²) in [4.78, 5) is 2.16. The smallest absolute Gasteiger partial charge is 0.165 e. The van der Waals surface area contributed by atoms with Gasteiger partial charge >= 0.3 is 0 Å². The summed E-state index contributed by atoms with van der Waals surface area (Å²) in [5.74, 6) is 0.0460. The van der Waals surface area contributed by atoms with Crippen LogP contribution in [0.15, 0.2) is 18.2 Å². The van der Waals surface area contributed by atoms with Crippen molar-refractivity contribution >= 4 is 0 Å². The number of hydrogen-bond donors (Lipinski definition) is 0. The third-order valence-electron chi connectivity index (χ3n) is 2.54. The number of rotatable bonds is 6. The predicted octanol–water partition coefficient (Wildman–Crippen LogP) is 2.72. The maximum absolute atomic E-state index is 13.4. The Bertz CT molecular complexity index is 326. The van der Waals surface area contributed by atoms with Crippen molar-refractivity contribution in [3.8, 4) is 5.75 Å². The first kappa shape index (κ1) is 13.0. The first-order valence-corrected chi connectivity index (χ1v) is 5.60. The van der Waals surface area contributed by atoms with Crippen molar-refractivity contribution in [1.82, 2.24) is 4.90 Å². The summed E-state index contributed by atoms with van der Waals surface area (Å²) in [6.07, 6.45) is 3.15. The summed E-state index contributed by atoms with van der Waals surface area (Å²) in [7, 11) is 5.61. The molecule has 0 radical (unpaired) electrons. The van der Waals surface area contributed by atoms with Crippen molar-refractivity contribution in [1.29, 1.82) is 0 Å². The molecule has 16 heavy (non-hydrogen) atoms. The van der Waals surface area contributed by atoms with E-state index >= 15 is 0 Å². The summed E-state index contributed by atoms with van der Waals surface area (Å²) < 4.78 is 18.2. The molecule has 0 bridgehead atoms. The molecule has 0 aliphatic heterocycles. The molecule has 90 valence electrons. The average Bonchev–Trinajstić information content (AvgIpc) is 2.24. The van der Waals surface area contributed by atoms with Crippen LogP contribution in [0.1, 0.15) is 18.4 Å². The van der Waals surface area contributed by atoms with Crippen molar-refractivity contribution in [2.24, 2.45) is 0 Å². The van der Waals surface area contributed by atoms with Crippen LogP contribution in [0, 0.1) is 5.82 Å². The molecule has 0 saturated heterocycles. The van der Waals surface area contributed by atoms with E-state index in [1.165, 1.54) is 7.11 Å². The van der Waals surface area contributed by atoms with Gasteiger partial charge in [-0.15, -0.1) is 0 Å². The van der Waals surface area contributed by atoms with Gasteiger partial charge in [0.15, 0.2) is 11.6 Å². The lowest BCUT2D eigenvalue weighted by Gasteiger charge is -2.09. The van der Waals surface area contributed by atoms with Gasteiger partial charge in [0, 0.05) is 0 Å². The molecule has 0 unspecified atom stereocenters. The summed E-state index contributed by atoms with van der Waals surface area (Å²) in [6, 6.07) is 5.18. The van der Waals surface area contributed by atoms with Gasteiger partial charge in [-0.1, -0.05) is 6.07 Å². The van der Waals surface area contributed by atoms with E-state index in [1.807, 2.05) is 6.07 Å². The molecule has 2 nitrogen and oxygen atoms in total. The number of benzene rings is 1. The second-order valence-corrected chi connectivity index (χ2v) is 4.23. The normalized spacial score (nSPS) is 10.8. The minimum Gasteiger partial charge on any atom is -0.494 e. The Balaban J connectivity index is 2.40. The van der Waals surface area contributed by atoms with Crippen LogP contribution in [0.3, 0.4) is 0 Å². The van der Waals surface area contributed by atoms with Gasteiger partial charge in [-0.25, -0.2) is 4.39 Å². The van der Waals surface area contributed by atoms with Crippen molar-refractivity contribution in [2.45, 2.75) is 19.3 Å². The van der Waals surface area contributed by atoms with Gasteiger partial charge in [0.2, 0.25) is 0 Å². The van der Waals surface area contributed by atoms with E-state index in [1.54, 1.807) is 12.1 Å². The van der Waals surface area contributed by atoms with Crippen molar-refractivity contribution in [3.63, 3.8) is 0 Å². The largest absolute Gasteiger partial charge is 0.494 e. The van der Waals surface area contributed by atoms with Crippen LogP contribution < -0.4 is 4.74 Å². The zero-order valence-electron chi connectivity index (χ0n) is 10.3. The Hall–Kier alpha value is -1.09. The molecule has 1 aromatic rings. The zero-order valence-corrected chi connectivity index (χ0v) is 10.3. The van der Waals surface area contributed by atoms with Crippen LogP contribution in [0.5, 0.6) is 5.75 Å². The van der Waals surface area contributed by atoms with Gasteiger partial charge in [0.1, 0.15) is 0 Å². The SMILES string of the molecule is COc1ccc(CCCCN(C)C)cc1F. The molecule has 3 heteroatoms. The third kappa shape index (κ3) is 4.19. The van der Waals surface area contributed by atoms with Crippen LogP contribution in [0.4, 0.5) is 4.39 Å². The summed E-state index contributed by atoms with van der Waals surface area (Å²) in [5.41, 5.74) is 1.04. The summed E-state index contributed by atoms with van der Waals surface area (Å²) in [6.45, 7) is 1.08. The van der Waals surface area contributed by atoms with E-state index < -0.39 is 0 Å². The highest BCUT2D eigenvalue weighted by Gasteiger charge is 2.03. The Morgan fingerprint density at radius 1 is 1.25 bits per heavy atom. The Kier molecular flexibility index (Phi) is 5.26. The first-order valence-electron chi connectivity index (χ1n) is 5.60. The van der Waals surface area contributed by atoms with Crippen LogP contribution in [0.2, 0.25) is 0 Å². The third-order valence-corrected chi connectivity index (χ3v) is 2.54. The Morgan fingerprint density at radius 2 is 2.00 bits per heavy atom. The number of methoxy groups -OCH3 is 1. The molecule has 1 rings (SSSR count). The van der Waals surface area contributed by atoms with E-state index in [-0.39, 0.29) is 5.82 Å². The topological polar surface area (TPSA) is 12.5 Å². The Labute approximate surface area is 97.0 Å². The van der Waals surface area contributed by atoms with Crippen LogP contribution in [-0.2, 0) is 6.42 Å². The molecule has 0 saturated carbocycles. The van der Waals surface area contributed by atoms with Gasteiger partial charge in [-0.2, -0.15) is 0 Å². The number of nitrogens with zero attached hydrogens (tertiary/aromatic N) is 1. The molecule has 0 heterocycles. The van der Waals surface area contributed by atoms with Crippen LogP contribution in [0.25, 0.3) is 0 Å². The second kappa shape index (κ2) is 6.48. The lowest BCUT2D eigenvalue weighted by molar-refractivity contribution is 0.385. The molecule has 1 aromatic carbocycles. The fraction of sp³-hybridized carbons (Fsp3) is 0.538. The number of aryl methyl sites for hydroxylation is 1. The van der Waals surface area contributed by atoms with E-state index in [0.717, 1.165) is 31.4 Å². The molecule has 0 atom stereocenters. The van der Waals surface area contributed by atoms with Crippen molar-refractivity contribution in [2.75, 3.05) is 27.7 Å². The molecule has 0 aliphatic carbocycles. The average molecular weight is 225 g/mol. The van der Waals surface area contributed by atoms with Gasteiger partial charge in [-0.05, 0) is 57.6 Å². The molecule has 0 N–H and O–H groups in total. The second-order valence-electron chi connectivity index (χ2n) is 4.23. The fourth-order valence-electron chi connectivity index (χ4n) is 1.62.